The Labute approximate surface area is 165 Å². The number of nitrogens with zero attached hydrogens (tertiary/aromatic N) is 4. The summed E-state index contributed by atoms with van der Waals surface area (Å²) in [6.45, 7) is 6.71. The van der Waals surface area contributed by atoms with Crippen LogP contribution in [0.3, 0.4) is 0 Å². The fourth-order valence-electron chi connectivity index (χ4n) is 3.43. The van der Waals surface area contributed by atoms with Crippen LogP contribution >= 0.6 is 0 Å². The molecule has 1 aromatic rings. The molecule has 0 atom stereocenters. The summed E-state index contributed by atoms with van der Waals surface area (Å²) >= 11 is 0. The van der Waals surface area contributed by atoms with Crippen molar-refractivity contribution in [1.29, 1.82) is 0 Å². The van der Waals surface area contributed by atoms with Gasteiger partial charge in [-0.2, -0.15) is 4.98 Å². The van der Waals surface area contributed by atoms with Crippen LogP contribution < -0.4 is 16.0 Å². The molecule has 1 saturated carbocycles. The molecule has 0 radical (unpaired) electrons. The summed E-state index contributed by atoms with van der Waals surface area (Å²) in [6, 6.07) is 1.88. The number of ether oxygens (including phenoxy) is 1. The van der Waals surface area contributed by atoms with Gasteiger partial charge >= 0.3 is 6.09 Å². The molecule has 3 N–H and O–H groups in total. The minimum Gasteiger partial charge on any atom is -0.444 e. The molecule has 0 unspecified atom stereocenters. The Hall–Kier alpha value is -2.58. The van der Waals surface area contributed by atoms with E-state index in [9.17, 15) is 9.59 Å². The van der Waals surface area contributed by atoms with Gasteiger partial charge in [0.05, 0.1) is 6.04 Å². The predicted molar refractivity (Wildman–Crippen MR) is 106 cm³/mol. The highest BCUT2D eigenvalue weighted by Crippen LogP contribution is 2.24. The molecule has 2 aliphatic rings. The summed E-state index contributed by atoms with van der Waals surface area (Å²) in [5, 5.41) is 3.02. The average molecular weight is 390 g/mol. The van der Waals surface area contributed by atoms with Crippen molar-refractivity contribution < 1.29 is 14.3 Å². The summed E-state index contributed by atoms with van der Waals surface area (Å²) in [5.41, 5.74) is 5.57. The van der Waals surface area contributed by atoms with E-state index in [1.54, 1.807) is 18.0 Å². The Bertz CT molecular complexity index is 736. The number of nitrogens with two attached hydrogens (primary N) is 1. The Balaban J connectivity index is 1.60. The van der Waals surface area contributed by atoms with Crippen LogP contribution in [0.2, 0.25) is 0 Å². The van der Waals surface area contributed by atoms with Gasteiger partial charge in [-0.3, -0.25) is 4.79 Å². The van der Waals surface area contributed by atoms with E-state index in [2.05, 4.69) is 15.3 Å². The summed E-state index contributed by atoms with van der Waals surface area (Å²) in [7, 11) is 1.73. The van der Waals surface area contributed by atoms with E-state index < -0.39 is 5.60 Å². The number of carbonyl (C=O) groups is 2. The second-order valence-corrected chi connectivity index (χ2v) is 8.57. The van der Waals surface area contributed by atoms with E-state index in [1.807, 2.05) is 25.7 Å². The van der Waals surface area contributed by atoms with Gasteiger partial charge in [-0.1, -0.05) is 12.8 Å². The first-order valence-corrected chi connectivity index (χ1v) is 9.78. The van der Waals surface area contributed by atoms with Gasteiger partial charge in [0.25, 0.3) is 5.91 Å². The first-order chi connectivity index (χ1) is 13.1. The highest BCUT2D eigenvalue weighted by Gasteiger charge is 2.35. The molecule has 2 amide bonds. The fourth-order valence-corrected chi connectivity index (χ4v) is 3.43. The molecule has 154 valence electrons. The van der Waals surface area contributed by atoms with Gasteiger partial charge in [0.1, 0.15) is 17.1 Å². The zero-order valence-corrected chi connectivity index (χ0v) is 17.1. The lowest BCUT2D eigenvalue weighted by Crippen LogP contribution is -2.60. The number of nitrogen functional groups attached to an aromatic ring is 1. The monoisotopic (exact) mass is 390 g/mol. The van der Waals surface area contributed by atoms with E-state index in [-0.39, 0.29) is 35.7 Å². The van der Waals surface area contributed by atoms with Crippen molar-refractivity contribution in [1.82, 2.24) is 20.2 Å². The number of hydrogen-bond acceptors (Lipinski definition) is 7. The highest BCUT2D eigenvalue weighted by molar-refractivity contribution is 5.93. The van der Waals surface area contributed by atoms with Crippen LogP contribution in [0.5, 0.6) is 0 Å². The van der Waals surface area contributed by atoms with Crippen molar-refractivity contribution in [2.75, 3.05) is 30.8 Å². The molecule has 9 nitrogen and oxygen atoms in total. The Morgan fingerprint density at radius 3 is 2.50 bits per heavy atom. The molecule has 1 aromatic heterocycles. The van der Waals surface area contributed by atoms with Crippen LogP contribution in [0.15, 0.2) is 6.07 Å². The molecule has 0 bridgehead atoms. The van der Waals surface area contributed by atoms with E-state index >= 15 is 0 Å². The smallest absolute Gasteiger partial charge is 0.410 e. The summed E-state index contributed by atoms with van der Waals surface area (Å²) < 4.78 is 5.40. The summed E-state index contributed by atoms with van der Waals surface area (Å²) in [5.74, 6) is 0.445. The fraction of sp³-hybridized carbons (Fsp3) is 0.684. The Morgan fingerprint density at radius 1 is 1.25 bits per heavy atom. The lowest BCUT2D eigenvalue weighted by atomic mass is 10.1. The maximum absolute atomic E-state index is 12.5. The molecule has 1 aliphatic carbocycles. The van der Waals surface area contributed by atoms with Crippen molar-refractivity contribution in [3.8, 4) is 0 Å². The van der Waals surface area contributed by atoms with Gasteiger partial charge < -0.3 is 25.6 Å². The molecule has 0 spiro atoms. The van der Waals surface area contributed by atoms with Crippen LogP contribution in [-0.4, -0.2) is 64.7 Å². The van der Waals surface area contributed by atoms with Gasteiger partial charge in [-0.05, 0) is 33.6 Å². The number of aromatic nitrogens is 2. The quantitative estimate of drug-likeness (QED) is 0.805. The SMILES string of the molecule is CN(C(=O)OC(C)(C)C)C1CN(c2cc(C(=O)NC3CCCC3)nc(N)n2)C1. The maximum Gasteiger partial charge on any atom is 0.410 e. The Kier molecular flexibility index (Phi) is 5.62. The van der Waals surface area contributed by atoms with E-state index in [1.165, 1.54) is 0 Å². The van der Waals surface area contributed by atoms with Gasteiger partial charge in [-0.15, -0.1) is 0 Å². The maximum atomic E-state index is 12.5. The minimum atomic E-state index is -0.530. The Morgan fingerprint density at radius 2 is 1.89 bits per heavy atom. The third kappa shape index (κ3) is 4.82. The number of carbonyl (C=O) groups excluding carboxylic acids is 2. The van der Waals surface area contributed by atoms with Crippen LogP contribution in [0.4, 0.5) is 16.6 Å². The number of rotatable bonds is 4. The van der Waals surface area contributed by atoms with Crippen LogP contribution in [0, 0.1) is 0 Å². The lowest BCUT2D eigenvalue weighted by Gasteiger charge is -2.44. The van der Waals surface area contributed by atoms with Crippen molar-refractivity contribution in [2.45, 2.75) is 64.1 Å². The topological polar surface area (TPSA) is 114 Å². The lowest BCUT2D eigenvalue weighted by molar-refractivity contribution is 0.0196. The van der Waals surface area contributed by atoms with Crippen molar-refractivity contribution in [3.63, 3.8) is 0 Å². The minimum absolute atomic E-state index is 0.0156. The third-order valence-corrected chi connectivity index (χ3v) is 5.07. The van der Waals surface area contributed by atoms with Crippen LogP contribution in [0.1, 0.15) is 56.9 Å². The normalized spacial score (nSPS) is 17.9. The number of nitrogens with one attached hydrogen (secondary N) is 1. The molecule has 0 aromatic carbocycles. The third-order valence-electron chi connectivity index (χ3n) is 5.07. The number of anilines is 2. The molecule has 2 fully saturated rings. The van der Waals surface area contributed by atoms with E-state index in [4.69, 9.17) is 10.5 Å². The number of hydrogen-bond donors (Lipinski definition) is 2. The molecule has 9 heteroatoms. The standard InChI is InChI=1S/C19H30N6O3/c1-19(2,3)28-18(27)24(4)13-10-25(11-13)15-9-14(22-17(20)23-15)16(26)21-12-7-5-6-8-12/h9,12-13H,5-8,10-11H2,1-4H3,(H,21,26)(H2,20,22,23). The molecular formula is C19H30N6O3. The van der Waals surface area contributed by atoms with Crippen molar-refractivity contribution in [2.24, 2.45) is 0 Å². The second kappa shape index (κ2) is 7.81. The zero-order valence-electron chi connectivity index (χ0n) is 17.1. The number of amides is 2. The van der Waals surface area contributed by atoms with E-state index in [0.717, 1.165) is 25.7 Å². The van der Waals surface area contributed by atoms with Gasteiger partial charge in [0.2, 0.25) is 5.95 Å². The first kappa shape index (κ1) is 20.2. The summed E-state index contributed by atoms with van der Waals surface area (Å²) in [6.07, 6.45) is 3.94. The molecule has 1 saturated heterocycles. The van der Waals surface area contributed by atoms with Crippen LogP contribution in [0.25, 0.3) is 0 Å². The number of likely N-dealkylation sites (N-methyl/N-ethyl adjacent to an activating group) is 1. The van der Waals surface area contributed by atoms with Gasteiger partial charge in [0.15, 0.2) is 0 Å². The molecule has 28 heavy (non-hydrogen) atoms. The first-order valence-electron chi connectivity index (χ1n) is 9.78. The zero-order chi connectivity index (χ0) is 20.5. The molecule has 3 rings (SSSR count). The van der Waals surface area contributed by atoms with E-state index in [0.29, 0.717) is 18.9 Å². The van der Waals surface area contributed by atoms with Gasteiger partial charge in [-0.25, -0.2) is 9.78 Å². The largest absolute Gasteiger partial charge is 0.444 e. The van der Waals surface area contributed by atoms with Crippen molar-refractivity contribution >= 4 is 23.8 Å². The molecular weight excluding hydrogens is 360 g/mol. The molecule has 2 heterocycles. The highest BCUT2D eigenvalue weighted by atomic mass is 16.6. The average Bonchev–Trinajstić information content (AvgIpc) is 3.04. The predicted octanol–water partition coefficient (Wildman–Crippen LogP) is 1.79. The molecule has 1 aliphatic heterocycles. The van der Waals surface area contributed by atoms with Crippen LogP contribution in [-0.2, 0) is 4.74 Å². The second-order valence-electron chi connectivity index (χ2n) is 8.57. The van der Waals surface area contributed by atoms with Gasteiger partial charge in [0, 0.05) is 32.2 Å². The van der Waals surface area contributed by atoms with Crippen molar-refractivity contribution in [3.05, 3.63) is 11.8 Å². The summed E-state index contributed by atoms with van der Waals surface area (Å²) in [4.78, 5) is 36.6.